The highest BCUT2D eigenvalue weighted by molar-refractivity contribution is 7.17. The van der Waals surface area contributed by atoms with Crippen molar-refractivity contribution in [2.24, 2.45) is 4.99 Å². The highest BCUT2D eigenvalue weighted by atomic mass is 32.1. The van der Waals surface area contributed by atoms with Crippen molar-refractivity contribution in [3.05, 3.63) is 45.8 Å². The Hall–Kier alpha value is -2.22. The monoisotopic (exact) mass is 439 g/mol. The number of hydrogen-bond acceptors (Lipinski definition) is 6. The molecule has 0 radical (unpaired) electrons. The minimum atomic E-state index is 0.0941. The van der Waals surface area contributed by atoms with Crippen LogP contribution in [0.1, 0.15) is 34.4 Å². The first-order valence-corrected chi connectivity index (χ1v) is 12.0. The van der Waals surface area contributed by atoms with Crippen LogP contribution in [0.25, 0.3) is 0 Å². The molecular formula is C24H29N3O3S. The Bertz CT molecular complexity index is 977. The standard InChI is InChI=1S/C24H29N3O3S/c1-29-18-8-6-17(7-9-18)23-22-19-4-2-3-5-20(19)31-24(22)27(21(28)16-25-23)11-10-26-12-14-30-15-13-26/h6-9H,2-5,10-16H2,1H3. The van der Waals surface area contributed by atoms with Gasteiger partial charge in [-0.2, -0.15) is 0 Å². The van der Waals surface area contributed by atoms with Crippen LogP contribution in [0.4, 0.5) is 5.00 Å². The van der Waals surface area contributed by atoms with E-state index in [-0.39, 0.29) is 12.5 Å². The van der Waals surface area contributed by atoms with E-state index in [1.165, 1.54) is 28.8 Å². The fourth-order valence-electron chi connectivity index (χ4n) is 4.69. The van der Waals surface area contributed by atoms with E-state index in [9.17, 15) is 4.79 Å². The molecule has 3 heterocycles. The first-order valence-electron chi connectivity index (χ1n) is 11.2. The number of aryl methyl sites for hydroxylation is 1. The van der Waals surface area contributed by atoms with Gasteiger partial charge < -0.3 is 14.4 Å². The number of methoxy groups -OCH3 is 1. The van der Waals surface area contributed by atoms with Gasteiger partial charge in [0.25, 0.3) is 0 Å². The van der Waals surface area contributed by atoms with Crippen LogP contribution in [0, 0.1) is 0 Å². The summed E-state index contributed by atoms with van der Waals surface area (Å²) < 4.78 is 10.8. The predicted octanol–water partition coefficient (Wildman–Crippen LogP) is 3.15. The number of anilines is 1. The quantitative estimate of drug-likeness (QED) is 0.718. The van der Waals surface area contributed by atoms with Gasteiger partial charge in [0.2, 0.25) is 5.91 Å². The molecule has 1 aromatic carbocycles. The molecule has 3 aliphatic rings. The van der Waals surface area contributed by atoms with Gasteiger partial charge in [-0.25, -0.2) is 0 Å². The van der Waals surface area contributed by atoms with Crippen LogP contribution in [0.2, 0.25) is 0 Å². The van der Waals surface area contributed by atoms with Crippen molar-refractivity contribution >= 4 is 28.0 Å². The lowest BCUT2D eigenvalue weighted by atomic mass is 9.91. The van der Waals surface area contributed by atoms with E-state index >= 15 is 0 Å². The Morgan fingerprint density at radius 3 is 2.65 bits per heavy atom. The fraction of sp³-hybridized carbons (Fsp3) is 0.500. The van der Waals surface area contributed by atoms with Crippen LogP contribution in [0.15, 0.2) is 29.3 Å². The van der Waals surface area contributed by atoms with E-state index in [2.05, 4.69) is 17.0 Å². The molecule has 5 rings (SSSR count). The number of morpholine rings is 1. The minimum absolute atomic E-state index is 0.0941. The predicted molar refractivity (Wildman–Crippen MR) is 124 cm³/mol. The van der Waals surface area contributed by atoms with Crippen LogP contribution in [-0.2, 0) is 22.4 Å². The van der Waals surface area contributed by atoms with E-state index in [1.807, 2.05) is 28.4 Å². The van der Waals surface area contributed by atoms with Crippen molar-refractivity contribution in [1.82, 2.24) is 4.90 Å². The first kappa shape index (κ1) is 20.7. The van der Waals surface area contributed by atoms with Crippen LogP contribution < -0.4 is 9.64 Å². The summed E-state index contributed by atoms with van der Waals surface area (Å²) >= 11 is 1.81. The molecule has 1 amide bonds. The van der Waals surface area contributed by atoms with Gasteiger partial charge in [0, 0.05) is 42.2 Å². The van der Waals surface area contributed by atoms with Crippen molar-refractivity contribution in [3.63, 3.8) is 0 Å². The molecule has 0 N–H and O–H groups in total. The molecule has 6 nitrogen and oxygen atoms in total. The zero-order valence-corrected chi connectivity index (χ0v) is 18.9. The van der Waals surface area contributed by atoms with Gasteiger partial charge in [-0.1, -0.05) is 0 Å². The lowest BCUT2D eigenvalue weighted by molar-refractivity contribution is -0.117. The molecular weight excluding hydrogens is 410 g/mol. The third-order valence-electron chi connectivity index (χ3n) is 6.42. The summed E-state index contributed by atoms with van der Waals surface area (Å²) in [6.07, 6.45) is 4.60. The Kier molecular flexibility index (Phi) is 6.07. The van der Waals surface area contributed by atoms with E-state index in [0.717, 1.165) is 67.7 Å². The molecule has 2 aliphatic heterocycles. The van der Waals surface area contributed by atoms with Crippen LogP contribution in [0.5, 0.6) is 5.75 Å². The van der Waals surface area contributed by atoms with Crippen LogP contribution >= 0.6 is 11.3 Å². The molecule has 31 heavy (non-hydrogen) atoms. The van der Waals surface area contributed by atoms with E-state index in [0.29, 0.717) is 6.54 Å². The third kappa shape index (κ3) is 4.14. The molecule has 0 unspecified atom stereocenters. The number of amides is 1. The smallest absolute Gasteiger partial charge is 0.249 e. The van der Waals surface area contributed by atoms with Crippen molar-refractivity contribution in [2.45, 2.75) is 25.7 Å². The topological polar surface area (TPSA) is 54.4 Å². The average molecular weight is 440 g/mol. The maximum absolute atomic E-state index is 13.2. The summed E-state index contributed by atoms with van der Waals surface area (Å²) in [4.78, 5) is 23.9. The summed E-state index contributed by atoms with van der Waals surface area (Å²) in [6, 6.07) is 8.06. The molecule has 164 valence electrons. The number of carbonyl (C=O) groups excluding carboxylic acids is 1. The number of rotatable bonds is 5. The maximum Gasteiger partial charge on any atom is 0.249 e. The second kappa shape index (κ2) is 9.10. The number of aliphatic imine (C=N–C) groups is 1. The highest BCUT2D eigenvalue weighted by Crippen LogP contribution is 2.42. The molecule has 1 aliphatic carbocycles. The Balaban J connectivity index is 1.52. The number of benzene rings is 1. The van der Waals surface area contributed by atoms with Gasteiger partial charge in [0.15, 0.2) is 0 Å². The van der Waals surface area contributed by atoms with Gasteiger partial charge in [-0.15, -0.1) is 11.3 Å². The molecule has 0 bridgehead atoms. The van der Waals surface area contributed by atoms with Gasteiger partial charge in [-0.3, -0.25) is 14.7 Å². The minimum Gasteiger partial charge on any atom is -0.497 e. The second-order valence-corrected chi connectivity index (χ2v) is 9.37. The largest absolute Gasteiger partial charge is 0.497 e. The van der Waals surface area contributed by atoms with Crippen LogP contribution in [0.3, 0.4) is 0 Å². The van der Waals surface area contributed by atoms with Crippen molar-refractivity contribution < 1.29 is 14.3 Å². The maximum atomic E-state index is 13.2. The van der Waals surface area contributed by atoms with Crippen molar-refractivity contribution in [3.8, 4) is 5.75 Å². The Labute approximate surface area is 187 Å². The van der Waals surface area contributed by atoms with Crippen molar-refractivity contribution in [1.29, 1.82) is 0 Å². The molecule has 1 saturated heterocycles. The summed E-state index contributed by atoms with van der Waals surface area (Å²) in [5.41, 5.74) is 4.61. The lowest BCUT2D eigenvalue weighted by Crippen LogP contribution is -2.43. The van der Waals surface area contributed by atoms with Gasteiger partial charge >= 0.3 is 0 Å². The summed E-state index contributed by atoms with van der Waals surface area (Å²) in [7, 11) is 1.68. The molecule has 0 spiro atoms. The molecule has 0 atom stereocenters. The average Bonchev–Trinajstić information content (AvgIpc) is 3.13. The highest BCUT2D eigenvalue weighted by Gasteiger charge is 2.32. The molecule has 2 aromatic rings. The number of carbonyl (C=O) groups is 1. The van der Waals surface area contributed by atoms with Crippen molar-refractivity contribution in [2.75, 3.05) is 57.9 Å². The summed E-state index contributed by atoms with van der Waals surface area (Å²) in [5, 5.41) is 1.09. The first-order chi connectivity index (χ1) is 15.2. The second-order valence-electron chi connectivity index (χ2n) is 8.28. The SMILES string of the molecule is COc1ccc(C2=NCC(=O)N(CCN3CCOCC3)c3sc4c(c32)CCCC4)cc1. The zero-order chi connectivity index (χ0) is 21.2. The number of ether oxygens (including phenoxy) is 2. The summed E-state index contributed by atoms with van der Waals surface area (Å²) in [6.45, 7) is 5.19. The third-order valence-corrected chi connectivity index (χ3v) is 7.73. The number of hydrogen-bond donors (Lipinski definition) is 0. The number of thiophene rings is 1. The molecule has 7 heteroatoms. The normalized spacial score (nSPS) is 19.5. The van der Waals surface area contributed by atoms with E-state index in [1.54, 1.807) is 7.11 Å². The van der Waals surface area contributed by atoms with Gasteiger partial charge in [0.1, 0.15) is 17.3 Å². The van der Waals surface area contributed by atoms with Gasteiger partial charge in [-0.05, 0) is 55.5 Å². The molecule has 1 aromatic heterocycles. The number of nitrogens with zero attached hydrogens (tertiary/aromatic N) is 3. The zero-order valence-electron chi connectivity index (χ0n) is 18.1. The van der Waals surface area contributed by atoms with Gasteiger partial charge in [0.05, 0.1) is 26.0 Å². The van der Waals surface area contributed by atoms with Crippen LogP contribution in [-0.4, -0.2) is 69.6 Å². The molecule has 1 fully saturated rings. The Morgan fingerprint density at radius 2 is 1.87 bits per heavy atom. The Morgan fingerprint density at radius 1 is 1.10 bits per heavy atom. The van der Waals surface area contributed by atoms with E-state index in [4.69, 9.17) is 14.5 Å². The molecule has 0 saturated carbocycles. The lowest BCUT2D eigenvalue weighted by Gasteiger charge is -2.29. The van der Waals surface area contributed by atoms with E-state index < -0.39 is 0 Å². The fourth-order valence-corrected chi connectivity index (χ4v) is 6.12. The number of fused-ring (bicyclic) bond motifs is 3. The summed E-state index contributed by atoms with van der Waals surface area (Å²) in [5.74, 6) is 0.922.